The summed E-state index contributed by atoms with van der Waals surface area (Å²) in [6, 6.07) is 13.2. The van der Waals surface area contributed by atoms with Gasteiger partial charge in [0.1, 0.15) is 5.82 Å². The topological polar surface area (TPSA) is 102 Å². The maximum atomic E-state index is 12.0. The molecule has 2 aromatic carbocycles. The number of para-hydroxylation sites is 2. The van der Waals surface area contributed by atoms with Crippen LogP contribution in [0.1, 0.15) is 5.82 Å². The molecule has 0 radical (unpaired) electrons. The van der Waals surface area contributed by atoms with Crippen LogP contribution in [0.4, 0.5) is 16.2 Å². The molecule has 0 unspecified atom stereocenters. The summed E-state index contributed by atoms with van der Waals surface area (Å²) in [7, 11) is 0. The number of nitro groups is 1. The highest BCUT2D eigenvalue weighted by Gasteiger charge is 2.09. The van der Waals surface area contributed by atoms with Crippen molar-refractivity contribution in [1.82, 2.24) is 14.9 Å². The van der Waals surface area contributed by atoms with Gasteiger partial charge in [-0.05, 0) is 25.1 Å². The molecule has 3 aromatic rings. The fourth-order valence-corrected chi connectivity index (χ4v) is 2.63. The first-order valence-electron chi connectivity index (χ1n) is 7.76. The summed E-state index contributed by atoms with van der Waals surface area (Å²) in [6.45, 7) is 2.90. The van der Waals surface area contributed by atoms with Crippen LogP contribution in [0.25, 0.3) is 11.0 Å². The average Bonchev–Trinajstić information content (AvgIpc) is 2.91. The number of nitrogens with zero attached hydrogens (tertiary/aromatic N) is 3. The Labute approximate surface area is 143 Å². The van der Waals surface area contributed by atoms with Crippen molar-refractivity contribution in [2.24, 2.45) is 0 Å². The number of fused-ring (bicyclic) bond motifs is 1. The van der Waals surface area contributed by atoms with Crippen molar-refractivity contribution in [3.8, 4) is 0 Å². The van der Waals surface area contributed by atoms with Gasteiger partial charge in [0.05, 0.1) is 16.0 Å². The molecule has 0 fully saturated rings. The zero-order valence-corrected chi connectivity index (χ0v) is 13.6. The van der Waals surface area contributed by atoms with E-state index >= 15 is 0 Å². The summed E-state index contributed by atoms with van der Waals surface area (Å²) in [5.41, 5.74) is 2.23. The normalized spacial score (nSPS) is 10.6. The summed E-state index contributed by atoms with van der Waals surface area (Å²) < 4.78 is 2.03. The maximum Gasteiger partial charge on any atom is 0.319 e. The van der Waals surface area contributed by atoms with Crippen LogP contribution in [0, 0.1) is 17.0 Å². The largest absolute Gasteiger partial charge is 0.336 e. The van der Waals surface area contributed by atoms with E-state index in [0.717, 1.165) is 16.9 Å². The molecular weight excluding hydrogens is 322 g/mol. The van der Waals surface area contributed by atoms with Gasteiger partial charge in [-0.3, -0.25) is 10.1 Å². The Morgan fingerprint density at radius 2 is 2.04 bits per heavy atom. The van der Waals surface area contributed by atoms with E-state index in [-0.39, 0.29) is 5.69 Å². The molecule has 0 saturated heterocycles. The van der Waals surface area contributed by atoms with Gasteiger partial charge < -0.3 is 15.2 Å². The monoisotopic (exact) mass is 339 g/mol. The Kier molecular flexibility index (Phi) is 4.60. The van der Waals surface area contributed by atoms with E-state index in [0.29, 0.717) is 18.8 Å². The van der Waals surface area contributed by atoms with Gasteiger partial charge in [0, 0.05) is 30.9 Å². The third-order valence-corrected chi connectivity index (χ3v) is 3.78. The van der Waals surface area contributed by atoms with Crippen LogP contribution < -0.4 is 10.6 Å². The number of nitrogens with one attached hydrogen (secondary N) is 2. The summed E-state index contributed by atoms with van der Waals surface area (Å²) in [5, 5.41) is 16.1. The lowest BCUT2D eigenvalue weighted by atomic mass is 10.3. The zero-order valence-electron chi connectivity index (χ0n) is 13.6. The summed E-state index contributed by atoms with van der Waals surface area (Å²) in [4.78, 5) is 26.7. The van der Waals surface area contributed by atoms with Crippen molar-refractivity contribution < 1.29 is 9.72 Å². The van der Waals surface area contributed by atoms with Crippen LogP contribution in [0.15, 0.2) is 48.5 Å². The van der Waals surface area contributed by atoms with Gasteiger partial charge in [0.15, 0.2) is 0 Å². The van der Waals surface area contributed by atoms with Crippen molar-refractivity contribution in [2.75, 3.05) is 11.9 Å². The Bertz CT molecular complexity index is 935. The molecule has 1 aromatic heterocycles. The van der Waals surface area contributed by atoms with Gasteiger partial charge in [0.25, 0.3) is 5.69 Å². The predicted molar refractivity (Wildman–Crippen MR) is 94.6 cm³/mol. The molecule has 2 amide bonds. The molecule has 0 bridgehead atoms. The minimum Gasteiger partial charge on any atom is -0.336 e. The number of hydrogen-bond donors (Lipinski definition) is 2. The molecule has 1 heterocycles. The molecule has 25 heavy (non-hydrogen) atoms. The van der Waals surface area contributed by atoms with E-state index in [1.54, 1.807) is 6.07 Å². The second-order valence-corrected chi connectivity index (χ2v) is 5.49. The number of aromatic nitrogens is 2. The van der Waals surface area contributed by atoms with Crippen molar-refractivity contribution >= 4 is 28.4 Å². The number of anilines is 1. The maximum absolute atomic E-state index is 12.0. The molecule has 0 saturated carbocycles. The van der Waals surface area contributed by atoms with Crippen LogP contribution in [0.5, 0.6) is 0 Å². The number of carbonyl (C=O) groups excluding carboxylic acids is 1. The van der Waals surface area contributed by atoms with E-state index in [2.05, 4.69) is 15.6 Å². The molecule has 0 spiro atoms. The van der Waals surface area contributed by atoms with Crippen LogP contribution >= 0.6 is 0 Å². The lowest BCUT2D eigenvalue weighted by Gasteiger charge is -2.10. The third-order valence-electron chi connectivity index (χ3n) is 3.78. The number of aryl methyl sites for hydroxylation is 1. The van der Waals surface area contributed by atoms with Crippen molar-refractivity contribution in [3.63, 3.8) is 0 Å². The second-order valence-electron chi connectivity index (χ2n) is 5.49. The predicted octanol–water partition coefficient (Wildman–Crippen LogP) is 3.07. The number of benzene rings is 2. The van der Waals surface area contributed by atoms with Crippen LogP contribution in [-0.2, 0) is 6.54 Å². The highest BCUT2D eigenvalue weighted by atomic mass is 16.6. The minimum atomic E-state index is -0.504. The zero-order chi connectivity index (χ0) is 17.8. The molecule has 3 rings (SSSR count). The van der Waals surface area contributed by atoms with E-state index in [9.17, 15) is 14.9 Å². The third kappa shape index (κ3) is 3.74. The van der Waals surface area contributed by atoms with Crippen molar-refractivity contribution in [3.05, 3.63) is 64.5 Å². The molecule has 128 valence electrons. The second kappa shape index (κ2) is 7.00. The summed E-state index contributed by atoms with van der Waals surface area (Å²) in [6.07, 6.45) is 0. The van der Waals surface area contributed by atoms with E-state index in [1.165, 1.54) is 18.2 Å². The standard InChI is InChI=1S/C17H17N5O3/c1-12-19-15-7-2-3-8-16(15)21(12)10-9-18-17(23)20-13-5-4-6-14(11-13)22(24)25/h2-8,11H,9-10H2,1H3,(H2,18,20,23). The molecule has 0 aliphatic heterocycles. The van der Waals surface area contributed by atoms with E-state index in [1.807, 2.05) is 35.8 Å². The Hall–Kier alpha value is -3.42. The molecule has 0 atom stereocenters. The quantitative estimate of drug-likeness (QED) is 0.551. The van der Waals surface area contributed by atoms with Gasteiger partial charge in [0.2, 0.25) is 0 Å². The number of imidazole rings is 1. The SMILES string of the molecule is Cc1nc2ccccc2n1CCNC(=O)Nc1cccc([N+](=O)[O-])c1. The minimum absolute atomic E-state index is 0.0710. The molecule has 8 heteroatoms. The average molecular weight is 339 g/mol. The van der Waals surface area contributed by atoms with Gasteiger partial charge in [-0.15, -0.1) is 0 Å². The molecule has 8 nitrogen and oxygen atoms in total. The molecule has 2 N–H and O–H groups in total. The van der Waals surface area contributed by atoms with Crippen LogP contribution in [0.3, 0.4) is 0 Å². The number of urea groups is 1. The fraction of sp³-hybridized carbons (Fsp3) is 0.176. The van der Waals surface area contributed by atoms with Crippen molar-refractivity contribution in [1.29, 1.82) is 0 Å². The number of hydrogen-bond acceptors (Lipinski definition) is 4. The van der Waals surface area contributed by atoms with Crippen LogP contribution in [-0.4, -0.2) is 27.1 Å². The van der Waals surface area contributed by atoms with Crippen molar-refractivity contribution in [2.45, 2.75) is 13.5 Å². The first-order valence-corrected chi connectivity index (χ1v) is 7.76. The van der Waals surface area contributed by atoms with Gasteiger partial charge >= 0.3 is 6.03 Å². The van der Waals surface area contributed by atoms with E-state index in [4.69, 9.17) is 0 Å². The Balaban J connectivity index is 1.58. The highest BCUT2D eigenvalue weighted by Crippen LogP contribution is 2.17. The number of nitro benzene ring substituents is 1. The Morgan fingerprint density at radius 3 is 2.84 bits per heavy atom. The Morgan fingerprint density at radius 1 is 1.24 bits per heavy atom. The van der Waals surface area contributed by atoms with Gasteiger partial charge in [-0.2, -0.15) is 0 Å². The first kappa shape index (κ1) is 16.4. The first-order chi connectivity index (χ1) is 12.0. The lowest BCUT2D eigenvalue weighted by Crippen LogP contribution is -2.31. The van der Waals surface area contributed by atoms with Crippen LogP contribution in [0.2, 0.25) is 0 Å². The molecular formula is C17H17N5O3. The number of non-ortho nitro benzene ring substituents is 1. The number of carbonyl (C=O) groups is 1. The van der Waals surface area contributed by atoms with E-state index < -0.39 is 11.0 Å². The number of amides is 2. The lowest BCUT2D eigenvalue weighted by molar-refractivity contribution is -0.384. The fourth-order valence-electron chi connectivity index (χ4n) is 2.63. The summed E-state index contributed by atoms with van der Waals surface area (Å²) in [5.74, 6) is 0.877. The number of rotatable bonds is 5. The van der Waals surface area contributed by atoms with Gasteiger partial charge in [-0.1, -0.05) is 18.2 Å². The smallest absolute Gasteiger partial charge is 0.319 e. The summed E-state index contributed by atoms with van der Waals surface area (Å²) >= 11 is 0. The molecule has 0 aliphatic carbocycles. The van der Waals surface area contributed by atoms with Gasteiger partial charge in [-0.25, -0.2) is 9.78 Å². The highest BCUT2D eigenvalue weighted by molar-refractivity contribution is 5.89. The molecule has 0 aliphatic rings.